The number of phenols is 1. The molecule has 0 bridgehead atoms. The number of aromatic nitrogens is 3. The Kier molecular flexibility index (Phi) is 3.24. The number of rotatable bonds is 2. The highest BCUT2D eigenvalue weighted by molar-refractivity contribution is 7.71. The molecule has 4 rings (SSSR count). The topological polar surface area (TPSA) is 105 Å². The number of hydrogen-bond donors (Lipinski definition) is 3. The number of phenolic OH excluding ortho intramolecular Hbond substituents is 1. The second-order valence-electron chi connectivity index (χ2n) is 5.19. The molecule has 0 fully saturated rings. The molecule has 0 amide bonds. The van der Waals surface area contributed by atoms with Crippen molar-refractivity contribution in [2.75, 3.05) is 5.84 Å². The Bertz CT molecular complexity index is 1160. The molecule has 0 spiro atoms. The summed E-state index contributed by atoms with van der Waals surface area (Å²) in [4.78, 5) is 0. The van der Waals surface area contributed by atoms with Crippen molar-refractivity contribution in [2.45, 2.75) is 0 Å². The van der Waals surface area contributed by atoms with Crippen LogP contribution in [0.25, 0.3) is 21.5 Å². The molecule has 0 atom stereocenters. The molecule has 0 unspecified atom stereocenters. The first-order valence-corrected chi connectivity index (χ1v) is 7.54. The SMILES string of the molecule is Nn1c(N=Nc2c(O)c3ccccc3c3ccccc23)n[nH]c1=S. The molecule has 0 aliphatic rings. The largest absolute Gasteiger partial charge is 0.505 e. The molecule has 0 aliphatic carbocycles. The first kappa shape index (κ1) is 14.3. The van der Waals surface area contributed by atoms with Gasteiger partial charge in [0.2, 0.25) is 4.77 Å². The monoisotopic (exact) mass is 336 g/mol. The van der Waals surface area contributed by atoms with E-state index in [9.17, 15) is 5.11 Å². The van der Waals surface area contributed by atoms with Crippen LogP contribution in [-0.4, -0.2) is 20.0 Å². The summed E-state index contributed by atoms with van der Waals surface area (Å²) in [6.45, 7) is 0. The highest BCUT2D eigenvalue weighted by Crippen LogP contribution is 2.43. The van der Waals surface area contributed by atoms with Crippen LogP contribution in [0, 0.1) is 4.77 Å². The summed E-state index contributed by atoms with van der Waals surface area (Å²) in [5.41, 5.74) is 0.359. The number of aromatic amines is 1. The van der Waals surface area contributed by atoms with Gasteiger partial charge in [0, 0.05) is 10.8 Å². The minimum Gasteiger partial charge on any atom is -0.505 e. The number of azo groups is 1. The third-order valence-electron chi connectivity index (χ3n) is 3.80. The number of fused-ring (bicyclic) bond motifs is 3. The predicted molar refractivity (Wildman–Crippen MR) is 94.9 cm³/mol. The van der Waals surface area contributed by atoms with Crippen molar-refractivity contribution in [1.29, 1.82) is 0 Å². The van der Waals surface area contributed by atoms with Gasteiger partial charge in [0.1, 0.15) is 5.69 Å². The van der Waals surface area contributed by atoms with Gasteiger partial charge in [-0.25, -0.2) is 5.10 Å². The van der Waals surface area contributed by atoms with Gasteiger partial charge < -0.3 is 10.9 Å². The first-order chi connectivity index (χ1) is 11.7. The lowest BCUT2D eigenvalue weighted by atomic mass is 9.99. The minimum atomic E-state index is 0.0609. The fraction of sp³-hybridized carbons (Fsp3) is 0. The van der Waals surface area contributed by atoms with Crippen LogP contribution in [0.15, 0.2) is 58.8 Å². The standard InChI is InChI=1S/C16H12N6OS/c17-22-15(20-21-16(22)24)19-18-13-11-7-3-1-5-9(11)10-6-2-4-8-12(10)14(13)23/h1-8,23H,17H2,(H,21,24). The summed E-state index contributed by atoms with van der Waals surface area (Å²) in [6, 6.07) is 15.3. The smallest absolute Gasteiger partial charge is 0.287 e. The van der Waals surface area contributed by atoms with E-state index in [4.69, 9.17) is 18.1 Å². The van der Waals surface area contributed by atoms with Gasteiger partial charge in [-0.15, -0.1) is 15.3 Å². The summed E-state index contributed by atoms with van der Waals surface area (Å²) in [5, 5.41) is 28.7. The van der Waals surface area contributed by atoms with Gasteiger partial charge in [-0.3, -0.25) is 0 Å². The molecule has 7 nitrogen and oxygen atoms in total. The van der Waals surface area contributed by atoms with Crippen molar-refractivity contribution in [3.05, 3.63) is 53.3 Å². The van der Waals surface area contributed by atoms with Gasteiger partial charge in [0.05, 0.1) is 0 Å². The molecular formula is C16H12N6OS. The Labute approximate surface area is 141 Å². The second kappa shape index (κ2) is 5.43. The highest BCUT2D eigenvalue weighted by atomic mass is 32.1. The summed E-state index contributed by atoms with van der Waals surface area (Å²) in [7, 11) is 0. The van der Waals surface area contributed by atoms with Crippen molar-refractivity contribution < 1.29 is 5.11 Å². The fourth-order valence-electron chi connectivity index (χ4n) is 2.67. The van der Waals surface area contributed by atoms with E-state index in [1.165, 1.54) is 0 Å². The summed E-state index contributed by atoms with van der Waals surface area (Å²) >= 11 is 4.94. The van der Waals surface area contributed by atoms with E-state index in [0.717, 1.165) is 20.8 Å². The molecule has 1 aromatic heterocycles. The lowest BCUT2D eigenvalue weighted by Gasteiger charge is -2.09. The van der Waals surface area contributed by atoms with E-state index in [1.54, 1.807) is 0 Å². The molecule has 3 aromatic carbocycles. The summed E-state index contributed by atoms with van der Waals surface area (Å²) in [6.07, 6.45) is 0. The average molecular weight is 336 g/mol. The van der Waals surface area contributed by atoms with Gasteiger partial charge in [-0.2, -0.15) is 4.68 Å². The van der Waals surface area contributed by atoms with Crippen LogP contribution < -0.4 is 5.84 Å². The quantitative estimate of drug-likeness (QED) is 0.222. The van der Waals surface area contributed by atoms with Crippen molar-refractivity contribution in [3.8, 4) is 5.75 Å². The number of benzene rings is 3. The second-order valence-corrected chi connectivity index (χ2v) is 5.57. The van der Waals surface area contributed by atoms with E-state index >= 15 is 0 Å². The van der Waals surface area contributed by atoms with Crippen LogP contribution in [0.2, 0.25) is 0 Å². The Morgan fingerprint density at radius 1 is 0.958 bits per heavy atom. The molecule has 0 saturated carbocycles. The Morgan fingerprint density at radius 2 is 1.54 bits per heavy atom. The lowest BCUT2D eigenvalue weighted by Crippen LogP contribution is -2.06. The summed E-state index contributed by atoms with van der Waals surface area (Å²) in [5.74, 6) is 5.89. The number of hydrogen-bond acceptors (Lipinski definition) is 6. The molecule has 8 heteroatoms. The van der Waals surface area contributed by atoms with Crippen molar-refractivity contribution >= 4 is 45.4 Å². The third kappa shape index (κ3) is 2.12. The molecule has 0 saturated heterocycles. The van der Waals surface area contributed by atoms with Crippen molar-refractivity contribution in [2.24, 2.45) is 10.2 Å². The van der Waals surface area contributed by atoms with Crippen molar-refractivity contribution in [3.63, 3.8) is 0 Å². The van der Waals surface area contributed by atoms with Crippen molar-refractivity contribution in [1.82, 2.24) is 14.9 Å². The number of nitrogens with one attached hydrogen (secondary N) is 1. The maximum Gasteiger partial charge on any atom is 0.287 e. The third-order valence-corrected chi connectivity index (χ3v) is 4.09. The zero-order chi connectivity index (χ0) is 16.7. The maximum atomic E-state index is 10.7. The molecule has 4 N–H and O–H groups in total. The zero-order valence-corrected chi connectivity index (χ0v) is 13.2. The van der Waals surface area contributed by atoms with Gasteiger partial charge in [-0.1, -0.05) is 48.5 Å². The Morgan fingerprint density at radius 3 is 2.17 bits per heavy atom. The zero-order valence-electron chi connectivity index (χ0n) is 12.3. The first-order valence-electron chi connectivity index (χ1n) is 7.13. The van der Waals surface area contributed by atoms with E-state index in [2.05, 4.69) is 20.4 Å². The van der Waals surface area contributed by atoms with Crippen LogP contribution in [0.4, 0.5) is 11.6 Å². The van der Waals surface area contributed by atoms with Gasteiger partial charge in [0.15, 0.2) is 5.75 Å². The van der Waals surface area contributed by atoms with Gasteiger partial charge in [-0.05, 0) is 23.0 Å². The normalized spacial score (nSPS) is 11.7. The van der Waals surface area contributed by atoms with Gasteiger partial charge in [0.25, 0.3) is 5.95 Å². The van der Waals surface area contributed by atoms with Crippen LogP contribution >= 0.6 is 12.2 Å². The molecule has 0 radical (unpaired) electrons. The number of nitrogen functional groups attached to an aromatic ring is 1. The van der Waals surface area contributed by atoms with E-state index in [1.807, 2.05) is 48.5 Å². The van der Waals surface area contributed by atoms with E-state index < -0.39 is 0 Å². The number of H-pyrrole nitrogens is 1. The molecular weight excluding hydrogens is 324 g/mol. The predicted octanol–water partition coefficient (Wildman–Crippen LogP) is 4.08. The fourth-order valence-corrected chi connectivity index (χ4v) is 2.79. The number of aromatic hydroxyl groups is 1. The lowest BCUT2D eigenvalue weighted by molar-refractivity contribution is 0.483. The molecule has 1 heterocycles. The Hall–Kier alpha value is -3.26. The minimum absolute atomic E-state index is 0.0609. The molecule has 0 aliphatic heterocycles. The van der Waals surface area contributed by atoms with Gasteiger partial charge >= 0.3 is 0 Å². The van der Waals surface area contributed by atoms with Crippen LogP contribution in [0.3, 0.4) is 0 Å². The van der Waals surface area contributed by atoms with Crippen LogP contribution in [-0.2, 0) is 0 Å². The van der Waals surface area contributed by atoms with E-state index in [-0.39, 0.29) is 16.5 Å². The maximum absolute atomic E-state index is 10.7. The van der Waals surface area contributed by atoms with Crippen LogP contribution in [0.1, 0.15) is 0 Å². The highest BCUT2D eigenvalue weighted by Gasteiger charge is 2.13. The van der Waals surface area contributed by atoms with Crippen LogP contribution in [0.5, 0.6) is 5.75 Å². The summed E-state index contributed by atoms with van der Waals surface area (Å²) < 4.78 is 1.34. The average Bonchev–Trinajstić information content (AvgIpc) is 2.94. The van der Waals surface area contributed by atoms with E-state index in [0.29, 0.717) is 11.1 Å². The molecule has 24 heavy (non-hydrogen) atoms. The number of nitrogens with zero attached hydrogens (tertiary/aromatic N) is 4. The number of nitrogens with two attached hydrogens (primary N) is 1. The Balaban J connectivity index is 2.01. The molecule has 118 valence electrons. The molecule has 4 aromatic rings.